The monoisotopic (exact) mass is 586 g/mol. The highest BCUT2D eigenvalue weighted by Crippen LogP contribution is 2.29. The predicted octanol–water partition coefficient (Wildman–Crippen LogP) is 6.65. The lowest BCUT2D eigenvalue weighted by atomic mass is 10.0. The van der Waals surface area contributed by atoms with Gasteiger partial charge < -0.3 is 10.2 Å². The molecule has 0 aliphatic carbocycles. The minimum Gasteiger partial charge on any atom is -0.355 e. The molecule has 1 saturated heterocycles. The first-order valence-electron chi connectivity index (χ1n) is 14.2. The maximum atomic E-state index is 13.6. The molecule has 1 aliphatic rings. The van der Waals surface area contributed by atoms with Crippen LogP contribution >= 0.6 is 0 Å². The van der Waals surface area contributed by atoms with Gasteiger partial charge in [-0.15, -0.1) is 0 Å². The predicted molar refractivity (Wildman–Crippen MR) is 160 cm³/mol. The second-order valence-electron chi connectivity index (χ2n) is 10.6. The fourth-order valence-electron chi connectivity index (χ4n) is 5.11. The molecule has 0 unspecified atom stereocenters. The number of aryl methyl sites for hydroxylation is 1. The number of anilines is 2. The second-order valence-corrected chi connectivity index (χ2v) is 10.6. The van der Waals surface area contributed by atoms with E-state index < -0.39 is 11.7 Å². The number of pyridine rings is 1. The van der Waals surface area contributed by atoms with Gasteiger partial charge in [-0.2, -0.15) is 13.2 Å². The van der Waals surface area contributed by atoms with Gasteiger partial charge in [-0.25, -0.2) is 9.97 Å². The van der Waals surface area contributed by atoms with Gasteiger partial charge in [0.1, 0.15) is 5.82 Å². The molecule has 0 atom stereocenters. The molecule has 4 aromatic rings. The molecule has 7 nitrogen and oxygen atoms in total. The van der Waals surface area contributed by atoms with Gasteiger partial charge in [0, 0.05) is 67.4 Å². The number of benzene rings is 2. The first-order valence-corrected chi connectivity index (χ1v) is 14.2. The Morgan fingerprint density at radius 2 is 1.65 bits per heavy atom. The number of nitrogens with zero attached hydrogens (tertiary/aromatic N) is 5. The van der Waals surface area contributed by atoms with Crippen LogP contribution in [-0.4, -0.2) is 49.8 Å². The molecule has 0 radical (unpaired) electrons. The summed E-state index contributed by atoms with van der Waals surface area (Å²) in [5.41, 5.74) is 3.57. The number of amides is 1. The summed E-state index contributed by atoms with van der Waals surface area (Å²) in [7, 11) is 0. The van der Waals surface area contributed by atoms with Crippen molar-refractivity contribution in [2.75, 3.05) is 18.4 Å². The zero-order valence-electron chi connectivity index (χ0n) is 23.8. The van der Waals surface area contributed by atoms with Crippen molar-refractivity contribution in [3.63, 3.8) is 0 Å². The van der Waals surface area contributed by atoms with Gasteiger partial charge in [-0.1, -0.05) is 24.3 Å². The van der Waals surface area contributed by atoms with Crippen LogP contribution < -0.4 is 5.32 Å². The summed E-state index contributed by atoms with van der Waals surface area (Å²) in [4.78, 5) is 30.6. The van der Waals surface area contributed by atoms with Gasteiger partial charge in [0.05, 0.1) is 12.1 Å². The second kappa shape index (κ2) is 13.6. The zero-order valence-corrected chi connectivity index (χ0v) is 23.8. The number of piperidine rings is 1. The van der Waals surface area contributed by atoms with Crippen LogP contribution in [0.25, 0.3) is 6.08 Å². The molecule has 5 rings (SSSR count). The number of carbonyl (C=O) groups is 1. The summed E-state index contributed by atoms with van der Waals surface area (Å²) in [5.74, 6) is 0.586. The van der Waals surface area contributed by atoms with Crippen molar-refractivity contribution >= 4 is 23.4 Å². The van der Waals surface area contributed by atoms with Crippen LogP contribution in [0.5, 0.6) is 0 Å². The molecule has 3 heterocycles. The molecule has 1 amide bonds. The van der Waals surface area contributed by atoms with E-state index in [1.807, 2.05) is 48.2 Å². The van der Waals surface area contributed by atoms with Crippen LogP contribution in [0.1, 0.15) is 41.1 Å². The van der Waals surface area contributed by atoms with Crippen molar-refractivity contribution in [3.05, 3.63) is 120 Å². The van der Waals surface area contributed by atoms with Gasteiger partial charge in [0.2, 0.25) is 5.91 Å². The SMILES string of the molecule is Cc1cc(Nc2ccc(CN(C(=O)C=Cc3ccc(C(F)(F)F)cc3)C3CCN(Cc4ncccn4)CC3)cc2)ccn1. The third-order valence-corrected chi connectivity index (χ3v) is 7.41. The van der Waals surface area contributed by atoms with Gasteiger partial charge in [0.15, 0.2) is 0 Å². The lowest BCUT2D eigenvalue weighted by Gasteiger charge is -2.38. The Morgan fingerprint density at radius 3 is 2.30 bits per heavy atom. The molecule has 2 aromatic heterocycles. The summed E-state index contributed by atoms with van der Waals surface area (Å²) in [6, 6.07) is 18.4. The average molecular weight is 587 g/mol. The Bertz CT molecular complexity index is 1520. The van der Waals surface area contributed by atoms with Crippen LogP contribution in [0.4, 0.5) is 24.5 Å². The van der Waals surface area contributed by atoms with E-state index in [1.54, 1.807) is 30.7 Å². The minimum absolute atomic E-state index is 0.00953. The number of hydrogen-bond acceptors (Lipinski definition) is 6. The minimum atomic E-state index is -4.40. The van der Waals surface area contributed by atoms with Crippen molar-refractivity contribution < 1.29 is 18.0 Å². The van der Waals surface area contributed by atoms with Gasteiger partial charge in [-0.05, 0) is 79.4 Å². The smallest absolute Gasteiger partial charge is 0.355 e. The molecule has 43 heavy (non-hydrogen) atoms. The van der Waals surface area contributed by atoms with E-state index in [-0.39, 0.29) is 11.9 Å². The average Bonchev–Trinajstić information content (AvgIpc) is 3.00. The zero-order chi connectivity index (χ0) is 30.2. The number of aromatic nitrogens is 3. The molecule has 10 heteroatoms. The van der Waals surface area contributed by atoms with E-state index in [1.165, 1.54) is 18.2 Å². The van der Waals surface area contributed by atoms with E-state index in [0.717, 1.165) is 66.5 Å². The largest absolute Gasteiger partial charge is 0.416 e. The third kappa shape index (κ3) is 8.48. The number of nitrogens with one attached hydrogen (secondary N) is 1. The Kier molecular flexibility index (Phi) is 9.46. The highest BCUT2D eigenvalue weighted by molar-refractivity contribution is 5.92. The summed E-state index contributed by atoms with van der Waals surface area (Å²) in [6.45, 7) is 4.59. The fourth-order valence-corrected chi connectivity index (χ4v) is 5.11. The Labute approximate surface area is 249 Å². The molecule has 1 N–H and O–H groups in total. The Balaban J connectivity index is 1.28. The first kappa shape index (κ1) is 29.9. The van der Waals surface area contributed by atoms with Gasteiger partial charge in [-0.3, -0.25) is 14.7 Å². The molecular formula is C33H33F3N6O. The first-order chi connectivity index (χ1) is 20.7. The number of rotatable bonds is 9. The van der Waals surface area contributed by atoms with E-state index in [9.17, 15) is 18.0 Å². The number of alkyl halides is 3. The molecule has 0 bridgehead atoms. The van der Waals surface area contributed by atoms with Crippen LogP contribution in [0.2, 0.25) is 0 Å². The van der Waals surface area contributed by atoms with E-state index >= 15 is 0 Å². The number of halogens is 3. The van der Waals surface area contributed by atoms with Gasteiger partial charge >= 0.3 is 6.18 Å². The fraction of sp³-hybridized carbons (Fsp3) is 0.273. The molecular weight excluding hydrogens is 553 g/mol. The Hall–Kier alpha value is -4.57. The number of hydrogen-bond donors (Lipinski definition) is 1. The lowest BCUT2D eigenvalue weighted by molar-refractivity contribution is -0.137. The highest BCUT2D eigenvalue weighted by atomic mass is 19.4. The molecule has 0 spiro atoms. The molecule has 1 fully saturated rings. The maximum absolute atomic E-state index is 13.6. The summed E-state index contributed by atoms with van der Waals surface area (Å²) in [5, 5.41) is 3.37. The summed E-state index contributed by atoms with van der Waals surface area (Å²) >= 11 is 0. The van der Waals surface area contributed by atoms with Crippen molar-refractivity contribution in [2.45, 2.75) is 45.1 Å². The Morgan fingerprint density at radius 1 is 0.953 bits per heavy atom. The highest BCUT2D eigenvalue weighted by Gasteiger charge is 2.30. The van der Waals surface area contributed by atoms with Crippen LogP contribution in [-0.2, 0) is 24.1 Å². The topological polar surface area (TPSA) is 74.2 Å². The standard InChI is InChI=1S/C33H33F3N6O/c1-24-21-29(13-18-37-24)40-28-10-5-26(6-11-28)22-42(30-14-19-41(20-15-30)23-31-38-16-2-17-39-31)32(43)12-7-25-3-8-27(9-4-25)33(34,35)36/h2-13,16-18,21,30H,14-15,19-20,22-23H2,1H3,(H,37,40). The molecule has 2 aromatic carbocycles. The summed E-state index contributed by atoms with van der Waals surface area (Å²) < 4.78 is 38.9. The molecule has 1 aliphatic heterocycles. The number of carbonyl (C=O) groups excluding carboxylic acids is 1. The molecule has 0 saturated carbocycles. The normalized spacial score (nSPS) is 14.6. The molecule has 222 valence electrons. The van der Waals surface area contributed by atoms with Crippen LogP contribution in [0.15, 0.2) is 91.4 Å². The summed E-state index contributed by atoms with van der Waals surface area (Å²) in [6.07, 6.45) is 5.41. The number of likely N-dealkylation sites (tertiary alicyclic amines) is 1. The van der Waals surface area contributed by atoms with Crippen molar-refractivity contribution in [1.29, 1.82) is 0 Å². The van der Waals surface area contributed by atoms with Crippen LogP contribution in [0, 0.1) is 6.92 Å². The van der Waals surface area contributed by atoms with E-state index in [2.05, 4.69) is 25.2 Å². The lowest BCUT2D eigenvalue weighted by Crippen LogP contribution is -2.46. The quantitative estimate of drug-likeness (QED) is 0.222. The maximum Gasteiger partial charge on any atom is 0.416 e. The third-order valence-electron chi connectivity index (χ3n) is 7.41. The van der Waals surface area contributed by atoms with E-state index in [0.29, 0.717) is 18.7 Å². The van der Waals surface area contributed by atoms with E-state index in [4.69, 9.17) is 0 Å². The van der Waals surface area contributed by atoms with Crippen molar-refractivity contribution in [2.24, 2.45) is 0 Å². The van der Waals surface area contributed by atoms with Crippen molar-refractivity contribution in [3.8, 4) is 0 Å². The van der Waals surface area contributed by atoms with Crippen molar-refractivity contribution in [1.82, 2.24) is 24.8 Å². The van der Waals surface area contributed by atoms with Gasteiger partial charge in [0.25, 0.3) is 0 Å². The van der Waals surface area contributed by atoms with Crippen LogP contribution in [0.3, 0.4) is 0 Å².